The number of benzene rings is 1. The summed E-state index contributed by atoms with van der Waals surface area (Å²) < 4.78 is 0. The van der Waals surface area contributed by atoms with E-state index in [0.717, 1.165) is 11.3 Å². The summed E-state index contributed by atoms with van der Waals surface area (Å²) in [5, 5.41) is 6.98. The van der Waals surface area contributed by atoms with Crippen molar-refractivity contribution in [3.8, 4) is 0 Å². The molecule has 0 saturated carbocycles. The maximum absolute atomic E-state index is 12.7. The number of nitrogens with one attached hydrogen (secondary N) is 1. The van der Waals surface area contributed by atoms with Gasteiger partial charge in [-0.3, -0.25) is 14.7 Å². The van der Waals surface area contributed by atoms with E-state index in [1.807, 2.05) is 44.2 Å². The average molecular weight is 314 g/mol. The highest BCUT2D eigenvalue weighted by Gasteiger charge is 2.20. The second-order valence-corrected chi connectivity index (χ2v) is 5.79. The molecular formula is C17H22N4O2. The Labute approximate surface area is 135 Å². The monoisotopic (exact) mass is 314 g/mol. The molecule has 0 aliphatic rings. The van der Waals surface area contributed by atoms with E-state index in [1.165, 1.54) is 0 Å². The molecule has 1 aromatic carbocycles. The van der Waals surface area contributed by atoms with Crippen LogP contribution in [0, 0.1) is 0 Å². The summed E-state index contributed by atoms with van der Waals surface area (Å²) in [7, 11) is 0. The van der Waals surface area contributed by atoms with Gasteiger partial charge in [0.15, 0.2) is 0 Å². The summed E-state index contributed by atoms with van der Waals surface area (Å²) in [6, 6.07) is 11.4. The molecule has 0 bridgehead atoms. The molecule has 2 amide bonds. The van der Waals surface area contributed by atoms with Crippen molar-refractivity contribution in [3.05, 3.63) is 53.3 Å². The molecule has 3 N–H and O–H groups in total. The number of amides is 2. The average Bonchev–Trinajstić information content (AvgIpc) is 3.01. The Morgan fingerprint density at radius 2 is 1.96 bits per heavy atom. The van der Waals surface area contributed by atoms with Crippen LogP contribution in [0.2, 0.25) is 0 Å². The topological polar surface area (TPSA) is 92.1 Å². The molecule has 1 aromatic heterocycles. The van der Waals surface area contributed by atoms with Crippen molar-refractivity contribution in [2.75, 3.05) is 6.54 Å². The number of nitrogens with zero attached hydrogens (tertiary/aromatic N) is 2. The molecular weight excluding hydrogens is 292 g/mol. The van der Waals surface area contributed by atoms with E-state index in [4.69, 9.17) is 5.73 Å². The third kappa shape index (κ3) is 4.67. The van der Waals surface area contributed by atoms with E-state index in [-0.39, 0.29) is 24.8 Å². The number of hydrogen-bond donors (Lipinski definition) is 2. The van der Waals surface area contributed by atoms with Gasteiger partial charge in [-0.05, 0) is 17.5 Å². The van der Waals surface area contributed by atoms with Gasteiger partial charge in [-0.2, -0.15) is 5.10 Å². The molecule has 0 atom stereocenters. The Morgan fingerprint density at radius 3 is 2.52 bits per heavy atom. The zero-order valence-corrected chi connectivity index (χ0v) is 13.5. The van der Waals surface area contributed by atoms with E-state index in [0.29, 0.717) is 12.2 Å². The molecule has 23 heavy (non-hydrogen) atoms. The van der Waals surface area contributed by atoms with Gasteiger partial charge in [-0.1, -0.05) is 44.2 Å². The van der Waals surface area contributed by atoms with Gasteiger partial charge in [0.2, 0.25) is 5.91 Å². The summed E-state index contributed by atoms with van der Waals surface area (Å²) >= 11 is 0. The van der Waals surface area contributed by atoms with Crippen LogP contribution in [0.3, 0.4) is 0 Å². The van der Waals surface area contributed by atoms with Crippen LogP contribution in [-0.4, -0.2) is 33.5 Å². The molecule has 0 saturated heterocycles. The third-order valence-electron chi connectivity index (χ3n) is 3.57. The summed E-state index contributed by atoms with van der Waals surface area (Å²) in [5.74, 6) is -0.378. The van der Waals surface area contributed by atoms with Gasteiger partial charge in [-0.15, -0.1) is 0 Å². The second-order valence-electron chi connectivity index (χ2n) is 5.79. The van der Waals surface area contributed by atoms with E-state index < -0.39 is 5.91 Å². The SMILES string of the molecule is CC(C)c1cc(C(=O)N(CCC(N)=O)Cc2ccccc2)n[nH]1. The number of H-pyrrole nitrogens is 1. The highest BCUT2D eigenvalue weighted by Crippen LogP contribution is 2.15. The number of aromatic amines is 1. The Bertz CT molecular complexity index is 664. The predicted octanol–water partition coefficient (Wildman–Crippen LogP) is 2.05. The quantitative estimate of drug-likeness (QED) is 0.819. The number of primary amides is 1. The Hall–Kier alpha value is -2.63. The molecule has 6 nitrogen and oxygen atoms in total. The number of nitrogens with two attached hydrogens (primary N) is 1. The molecule has 0 spiro atoms. The van der Waals surface area contributed by atoms with Crippen molar-refractivity contribution in [3.63, 3.8) is 0 Å². The van der Waals surface area contributed by atoms with E-state index in [9.17, 15) is 9.59 Å². The zero-order valence-electron chi connectivity index (χ0n) is 13.5. The molecule has 0 unspecified atom stereocenters. The van der Waals surface area contributed by atoms with Crippen LogP contribution in [-0.2, 0) is 11.3 Å². The van der Waals surface area contributed by atoms with E-state index in [2.05, 4.69) is 10.2 Å². The summed E-state index contributed by atoms with van der Waals surface area (Å²) in [6.45, 7) is 4.73. The fourth-order valence-electron chi connectivity index (χ4n) is 2.21. The van der Waals surface area contributed by atoms with Crippen LogP contribution in [0.5, 0.6) is 0 Å². The highest BCUT2D eigenvalue weighted by atomic mass is 16.2. The van der Waals surface area contributed by atoms with E-state index in [1.54, 1.807) is 11.0 Å². The molecule has 0 aliphatic heterocycles. The molecule has 0 radical (unpaired) electrons. The van der Waals surface area contributed by atoms with Gasteiger partial charge in [-0.25, -0.2) is 0 Å². The third-order valence-corrected chi connectivity index (χ3v) is 3.57. The standard InChI is InChI=1S/C17H22N4O2/c1-12(2)14-10-15(20-19-14)17(23)21(9-8-16(18)22)11-13-6-4-3-5-7-13/h3-7,10,12H,8-9,11H2,1-2H3,(H2,18,22)(H,19,20). The fourth-order valence-corrected chi connectivity index (χ4v) is 2.21. The lowest BCUT2D eigenvalue weighted by atomic mass is 10.1. The molecule has 2 rings (SSSR count). The molecule has 0 aliphatic carbocycles. The number of carbonyl (C=O) groups is 2. The fraction of sp³-hybridized carbons (Fsp3) is 0.353. The first kappa shape index (κ1) is 16.7. The number of rotatable bonds is 7. The lowest BCUT2D eigenvalue weighted by Crippen LogP contribution is -2.33. The van der Waals surface area contributed by atoms with Gasteiger partial charge < -0.3 is 10.6 Å². The van der Waals surface area contributed by atoms with Crippen molar-refractivity contribution in [2.45, 2.75) is 32.7 Å². The minimum atomic E-state index is -0.430. The van der Waals surface area contributed by atoms with Crippen molar-refractivity contribution < 1.29 is 9.59 Å². The summed E-state index contributed by atoms with van der Waals surface area (Å²) in [4.78, 5) is 25.4. The first-order chi connectivity index (χ1) is 11.0. The van der Waals surface area contributed by atoms with Crippen molar-refractivity contribution in [2.24, 2.45) is 5.73 Å². The minimum absolute atomic E-state index is 0.125. The van der Waals surface area contributed by atoms with Crippen LogP contribution in [0.15, 0.2) is 36.4 Å². The van der Waals surface area contributed by atoms with Crippen molar-refractivity contribution >= 4 is 11.8 Å². The minimum Gasteiger partial charge on any atom is -0.370 e. The lowest BCUT2D eigenvalue weighted by Gasteiger charge is -2.21. The molecule has 6 heteroatoms. The summed E-state index contributed by atoms with van der Waals surface area (Å²) in [6.07, 6.45) is 0.125. The highest BCUT2D eigenvalue weighted by molar-refractivity contribution is 5.92. The Morgan fingerprint density at radius 1 is 1.26 bits per heavy atom. The predicted molar refractivity (Wildman–Crippen MR) is 87.7 cm³/mol. The smallest absolute Gasteiger partial charge is 0.274 e. The maximum Gasteiger partial charge on any atom is 0.274 e. The van der Waals surface area contributed by atoms with Crippen LogP contribution in [0.25, 0.3) is 0 Å². The van der Waals surface area contributed by atoms with Gasteiger partial charge in [0.25, 0.3) is 5.91 Å². The Kier molecular flexibility index (Phi) is 5.51. The van der Waals surface area contributed by atoms with Crippen molar-refractivity contribution in [1.82, 2.24) is 15.1 Å². The zero-order chi connectivity index (χ0) is 16.8. The number of hydrogen-bond acceptors (Lipinski definition) is 3. The van der Waals surface area contributed by atoms with Gasteiger partial charge >= 0.3 is 0 Å². The van der Waals surface area contributed by atoms with Crippen LogP contribution >= 0.6 is 0 Å². The second kappa shape index (κ2) is 7.58. The first-order valence-corrected chi connectivity index (χ1v) is 7.64. The van der Waals surface area contributed by atoms with Crippen LogP contribution < -0.4 is 5.73 Å². The van der Waals surface area contributed by atoms with Crippen molar-refractivity contribution in [1.29, 1.82) is 0 Å². The normalized spacial score (nSPS) is 10.7. The van der Waals surface area contributed by atoms with Gasteiger partial charge in [0.05, 0.1) is 0 Å². The molecule has 2 aromatic rings. The summed E-state index contributed by atoms with van der Waals surface area (Å²) in [5.41, 5.74) is 7.47. The Balaban J connectivity index is 2.17. The molecule has 122 valence electrons. The van der Waals surface area contributed by atoms with Gasteiger partial charge in [0.1, 0.15) is 5.69 Å². The molecule has 1 heterocycles. The lowest BCUT2D eigenvalue weighted by molar-refractivity contribution is -0.118. The number of aromatic nitrogens is 2. The molecule has 0 fully saturated rings. The maximum atomic E-state index is 12.7. The number of carbonyl (C=O) groups excluding carboxylic acids is 2. The van der Waals surface area contributed by atoms with Crippen LogP contribution in [0.4, 0.5) is 0 Å². The van der Waals surface area contributed by atoms with Crippen LogP contribution in [0.1, 0.15) is 47.9 Å². The largest absolute Gasteiger partial charge is 0.370 e. The van der Waals surface area contributed by atoms with E-state index >= 15 is 0 Å². The first-order valence-electron chi connectivity index (χ1n) is 7.64. The van der Waals surface area contributed by atoms with Gasteiger partial charge in [0, 0.05) is 25.2 Å².